The van der Waals surface area contributed by atoms with E-state index in [9.17, 15) is 14.3 Å². The fraction of sp³-hybridized carbons (Fsp3) is 0.435. The maximum atomic E-state index is 13.4. The zero-order valence-corrected chi connectivity index (χ0v) is 16.1. The third-order valence-electron chi connectivity index (χ3n) is 6.09. The van der Waals surface area contributed by atoms with Crippen molar-refractivity contribution in [3.63, 3.8) is 0 Å². The van der Waals surface area contributed by atoms with E-state index in [1.54, 1.807) is 6.07 Å². The lowest BCUT2D eigenvalue weighted by Gasteiger charge is -2.43. The summed E-state index contributed by atoms with van der Waals surface area (Å²) in [5.41, 5.74) is 1.90. The molecule has 2 unspecified atom stereocenters. The fourth-order valence-electron chi connectivity index (χ4n) is 4.77. The van der Waals surface area contributed by atoms with Crippen molar-refractivity contribution in [2.24, 2.45) is 0 Å². The first-order chi connectivity index (χ1) is 13.4. The SMILES string of the molecule is Cc1cc(F)ccc1CC1(O)CC2CCC(C1)N2C(=O)OCc1ccccc1. The van der Waals surface area contributed by atoms with Crippen LogP contribution in [-0.2, 0) is 17.8 Å². The van der Waals surface area contributed by atoms with E-state index in [0.29, 0.717) is 19.3 Å². The first-order valence-corrected chi connectivity index (χ1v) is 9.90. The number of nitrogens with zero attached hydrogens (tertiary/aromatic N) is 1. The van der Waals surface area contributed by atoms with Crippen molar-refractivity contribution >= 4 is 6.09 Å². The second-order valence-corrected chi connectivity index (χ2v) is 8.21. The highest BCUT2D eigenvalue weighted by Crippen LogP contribution is 2.42. The number of aryl methyl sites for hydroxylation is 1. The molecule has 2 fully saturated rings. The van der Waals surface area contributed by atoms with Crippen LogP contribution >= 0.6 is 0 Å². The van der Waals surface area contributed by atoms with Crippen LogP contribution in [0.3, 0.4) is 0 Å². The highest BCUT2D eigenvalue weighted by atomic mass is 19.1. The molecule has 2 saturated heterocycles. The van der Waals surface area contributed by atoms with E-state index in [0.717, 1.165) is 29.5 Å². The van der Waals surface area contributed by atoms with Gasteiger partial charge in [0, 0.05) is 18.5 Å². The Kier molecular flexibility index (Phi) is 5.11. The molecule has 2 aromatic rings. The first kappa shape index (κ1) is 18.9. The predicted molar refractivity (Wildman–Crippen MR) is 104 cm³/mol. The molecule has 4 rings (SSSR count). The van der Waals surface area contributed by atoms with Crippen molar-refractivity contribution in [1.82, 2.24) is 4.90 Å². The Morgan fingerprint density at radius 3 is 2.50 bits per heavy atom. The third-order valence-corrected chi connectivity index (χ3v) is 6.09. The molecule has 1 amide bonds. The van der Waals surface area contributed by atoms with Crippen LogP contribution in [0.5, 0.6) is 0 Å². The van der Waals surface area contributed by atoms with Gasteiger partial charge in [-0.25, -0.2) is 9.18 Å². The highest BCUT2D eigenvalue weighted by molar-refractivity contribution is 5.69. The lowest BCUT2D eigenvalue weighted by atomic mass is 9.80. The van der Waals surface area contributed by atoms with Gasteiger partial charge in [-0.3, -0.25) is 0 Å². The van der Waals surface area contributed by atoms with Crippen molar-refractivity contribution in [2.75, 3.05) is 0 Å². The van der Waals surface area contributed by atoms with Gasteiger partial charge in [-0.2, -0.15) is 0 Å². The molecular formula is C23H26FNO3. The molecular weight excluding hydrogens is 357 g/mol. The first-order valence-electron chi connectivity index (χ1n) is 9.90. The van der Waals surface area contributed by atoms with Crippen molar-refractivity contribution in [1.29, 1.82) is 0 Å². The molecule has 0 aromatic heterocycles. The van der Waals surface area contributed by atoms with Crippen LogP contribution in [0.15, 0.2) is 48.5 Å². The van der Waals surface area contributed by atoms with Gasteiger partial charge >= 0.3 is 6.09 Å². The highest BCUT2D eigenvalue weighted by Gasteiger charge is 2.49. The minimum absolute atomic E-state index is 0.00669. The van der Waals surface area contributed by atoms with Gasteiger partial charge in [-0.1, -0.05) is 36.4 Å². The maximum Gasteiger partial charge on any atom is 0.410 e. The van der Waals surface area contributed by atoms with Gasteiger partial charge < -0.3 is 14.7 Å². The Balaban J connectivity index is 1.41. The lowest BCUT2D eigenvalue weighted by molar-refractivity contribution is -0.0486. The Morgan fingerprint density at radius 2 is 1.86 bits per heavy atom. The van der Waals surface area contributed by atoms with E-state index < -0.39 is 5.60 Å². The smallest absolute Gasteiger partial charge is 0.410 e. The summed E-state index contributed by atoms with van der Waals surface area (Å²) < 4.78 is 18.9. The van der Waals surface area contributed by atoms with Gasteiger partial charge in [0.15, 0.2) is 0 Å². The number of hydrogen-bond acceptors (Lipinski definition) is 3. The number of carbonyl (C=O) groups is 1. The van der Waals surface area contributed by atoms with Crippen molar-refractivity contribution in [2.45, 2.75) is 63.3 Å². The number of benzene rings is 2. The van der Waals surface area contributed by atoms with E-state index in [-0.39, 0.29) is 30.6 Å². The molecule has 0 spiro atoms. The van der Waals surface area contributed by atoms with Crippen LogP contribution in [-0.4, -0.2) is 33.8 Å². The molecule has 28 heavy (non-hydrogen) atoms. The average Bonchev–Trinajstić information content (AvgIpc) is 2.95. The fourth-order valence-corrected chi connectivity index (χ4v) is 4.77. The van der Waals surface area contributed by atoms with Crippen LogP contribution in [0, 0.1) is 12.7 Å². The van der Waals surface area contributed by atoms with E-state index in [1.165, 1.54) is 12.1 Å². The van der Waals surface area contributed by atoms with Crippen molar-refractivity contribution in [3.8, 4) is 0 Å². The number of piperidine rings is 1. The lowest BCUT2D eigenvalue weighted by Crippen LogP contribution is -2.54. The second-order valence-electron chi connectivity index (χ2n) is 8.21. The summed E-state index contributed by atoms with van der Waals surface area (Å²) >= 11 is 0. The number of fused-ring (bicyclic) bond motifs is 2. The Bertz CT molecular complexity index is 840. The summed E-state index contributed by atoms with van der Waals surface area (Å²) in [6, 6.07) is 14.3. The molecule has 2 heterocycles. The van der Waals surface area contributed by atoms with Crippen LogP contribution in [0.1, 0.15) is 42.4 Å². The molecule has 2 aromatic carbocycles. The van der Waals surface area contributed by atoms with Gasteiger partial charge in [-0.15, -0.1) is 0 Å². The number of hydrogen-bond donors (Lipinski definition) is 1. The van der Waals surface area contributed by atoms with Gasteiger partial charge in [0.2, 0.25) is 0 Å². The maximum absolute atomic E-state index is 13.4. The van der Waals surface area contributed by atoms with Gasteiger partial charge in [-0.05, 0) is 61.4 Å². The number of aliphatic hydroxyl groups is 1. The zero-order chi connectivity index (χ0) is 19.7. The Labute approximate surface area is 164 Å². The van der Waals surface area contributed by atoms with E-state index >= 15 is 0 Å². The number of carbonyl (C=O) groups excluding carboxylic acids is 1. The Morgan fingerprint density at radius 1 is 1.18 bits per heavy atom. The summed E-state index contributed by atoms with van der Waals surface area (Å²) in [5, 5.41) is 11.2. The van der Waals surface area contributed by atoms with Gasteiger partial charge in [0.1, 0.15) is 12.4 Å². The number of rotatable bonds is 4. The summed E-state index contributed by atoms with van der Waals surface area (Å²) in [6.45, 7) is 2.13. The molecule has 4 nitrogen and oxygen atoms in total. The molecule has 2 aliphatic heterocycles. The molecule has 1 N–H and O–H groups in total. The quantitative estimate of drug-likeness (QED) is 0.853. The average molecular weight is 383 g/mol. The van der Waals surface area contributed by atoms with Crippen molar-refractivity contribution < 1.29 is 19.0 Å². The summed E-state index contributed by atoms with van der Waals surface area (Å²) in [5.74, 6) is -0.260. The number of halogens is 1. The third kappa shape index (κ3) is 3.90. The Hall–Kier alpha value is -2.40. The summed E-state index contributed by atoms with van der Waals surface area (Å²) in [6.07, 6.45) is 3.02. The topological polar surface area (TPSA) is 49.8 Å². The summed E-state index contributed by atoms with van der Waals surface area (Å²) in [7, 11) is 0. The molecule has 0 aliphatic carbocycles. The van der Waals surface area contributed by atoms with Crippen LogP contribution < -0.4 is 0 Å². The van der Waals surface area contributed by atoms with E-state index in [2.05, 4.69) is 0 Å². The molecule has 2 bridgehead atoms. The molecule has 0 radical (unpaired) electrons. The molecule has 2 atom stereocenters. The van der Waals surface area contributed by atoms with Gasteiger partial charge in [0.25, 0.3) is 0 Å². The van der Waals surface area contributed by atoms with Crippen LogP contribution in [0.4, 0.5) is 9.18 Å². The molecule has 5 heteroatoms. The van der Waals surface area contributed by atoms with Gasteiger partial charge in [0.05, 0.1) is 5.60 Å². The van der Waals surface area contributed by atoms with Crippen LogP contribution in [0.2, 0.25) is 0 Å². The van der Waals surface area contributed by atoms with E-state index in [1.807, 2.05) is 42.2 Å². The zero-order valence-electron chi connectivity index (χ0n) is 16.1. The second kappa shape index (κ2) is 7.55. The van der Waals surface area contributed by atoms with E-state index in [4.69, 9.17) is 4.74 Å². The molecule has 2 aliphatic rings. The monoisotopic (exact) mass is 383 g/mol. The predicted octanol–water partition coefficient (Wildman–Crippen LogP) is 4.37. The summed E-state index contributed by atoms with van der Waals surface area (Å²) in [4.78, 5) is 14.5. The molecule has 148 valence electrons. The van der Waals surface area contributed by atoms with Crippen molar-refractivity contribution in [3.05, 3.63) is 71.0 Å². The standard InChI is InChI=1S/C23H26FNO3/c1-16-11-19(24)8-7-18(16)12-23(27)13-20-9-10-21(14-23)25(20)22(26)28-15-17-5-3-2-4-6-17/h2-8,11,20-21,27H,9-10,12-15H2,1H3. The number of amides is 1. The number of ether oxygens (including phenoxy) is 1. The largest absolute Gasteiger partial charge is 0.445 e. The van der Waals surface area contributed by atoms with Crippen LogP contribution in [0.25, 0.3) is 0 Å². The molecule has 0 saturated carbocycles. The normalized spacial score (nSPS) is 26.3. The minimum Gasteiger partial charge on any atom is -0.445 e. The minimum atomic E-state index is -0.870.